The number of aromatic nitrogens is 2. The van der Waals surface area contributed by atoms with Gasteiger partial charge in [0.25, 0.3) is 5.22 Å². The van der Waals surface area contributed by atoms with Gasteiger partial charge >= 0.3 is 6.01 Å². The van der Waals surface area contributed by atoms with Crippen molar-refractivity contribution in [3.8, 4) is 0 Å². The van der Waals surface area contributed by atoms with Crippen molar-refractivity contribution >= 4 is 35.1 Å². The van der Waals surface area contributed by atoms with Crippen LogP contribution in [0.2, 0.25) is 5.02 Å². The molecule has 0 aliphatic carbocycles. The Morgan fingerprint density at radius 2 is 1.91 bits per heavy atom. The molecule has 2 aromatic carbocycles. The zero-order chi connectivity index (χ0) is 15.4. The van der Waals surface area contributed by atoms with Crippen LogP contribution in [0.4, 0.5) is 11.7 Å². The maximum absolute atomic E-state index is 6.09. The number of nitrogens with one attached hydrogen (secondary N) is 1. The van der Waals surface area contributed by atoms with E-state index in [0.717, 1.165) is 17.0 Å². The van der Waals surface area contributed by atoms with Gasteiger partial charge in [-0.15, -0.1) is 0 Å². The highest BCUT2D eigenvalue weighted by Crippen LogP contribution is 2.27. The summed E-state index contributed by atoms with van der Waals surface area (Å²) in [6.07, 6.45) is 0. The minimum atomic E-state index is 0.362. The van der Waals surface area contributed by atoms with E-state index in [9.17, 15) is 0 Å². The van der Waals surface area contributed by atoms with E-state index in [2.05, 4.69) is 27.6 Å². The van der Waals surface area contributed by atoms with Crippen molar-refractivity contribution in [2.45, 2.75) is 17.9 Å². The number of anilines is 2. The first-order valence-electron chi connectivity index (χ1n) is 6.75. The molecule has 3 rings (SSSR count). The molecule has 4 nitrogen and oxygen atoms in total. The Labute approximate surface area is 137 Å². The fraction of sp³-hybridized carbons (Fsp3) is 0.125. The van der Waals surface area contributed by atoms with E-state index in [0.29, 0.717) is 16.3 Å². The molecule has 1 N–H and O–H groups in total. The predicted octanol–water partition coefficient (Wildman–Crippen LogP) is 5.07. The molecular weight excluding hydrogens is 318 g/mol. The molecule has 22 heavy (non-hydrogen) atoms. The maximum Gasteiger partial charge on any atom is 0.320 e. The summed E-state index contributed by atoms with van der Waals surface area (Å²) in [5, 5.41) is 12.4. The molecule has 0 atom stereocenters. The van der Waals surface area contributed by atoms with Gasteiger partial charge in [0, 0.05) is 16.5 Å². The van der Waals surface area contributed by atoms with Crippen LogP contribution in [-0.2, 0) is 5.75 Å². The van der Waals surface area contributed by atoms with Crippen LogP contribution < -0.4 is 5.32 Å². The van der Waals surface area contributed by atoms with Crippen molar-refractivity contribution < 1.29 is 4.42 Å². The molecule has 0 radical (unpaired) electrons. The molecule has 0 fully saturated rings. The number of halogens is 1. The Morgan fingerprint density at radius 3 is 2.73 bits per heavy atom. The first-order valence-corrected chi connectivity index (χ1v) is 8.11. The van der Waals surface area contributed by atoms with E-state index in [4.69, 9.17) is 16.0 Å². The quantitative estimate of drug-likeness (QED) is 0.662. The van der Waals surface area contributed by atoms with E-state index < -0.39 is 0 Å². The van der Waals surface area contributed by atoms with E-state index in [1.54, 1.807) is 0 Å². The number of nitrogens with zero attached hydrogens (tertiary/aromatic N) is 2. The largest absolute Gasteiger partial charge is 0.398 e. The van der Waals surface area contributed by atoms with E-state index >= 15 is 0 Å². The van der Waals surface area contributed by atoms with Crippen LogP contribution in [0.25, 0.3) is 0 Å². The molecule has 112 valence electrons. The summed E-state index contributed by atoms with van der Waals surface area (Å²) in [4.78, 5) is 0. The third-order valence-electron chi connectivity index (χ3n) is 3.12. The predicted molar refractivity (Wildman–Crippen MR) is 89.8 cm³/mol. The van der Waals surface area contributed by atoms with Crippen molar-refractivity contribution in [2.24, 2.45) is 0 Å². The number of benzene rings is 2. The van der Waals surface area contributed by atoms with Crippen LogP contribution in [0.5, 0.6) is 0 Å². The monoisotopic (exact) mass is 331 g/mol. The lowest BCUT2D eigenvalue weighted by atomic mass is 10.2. The van der Waals surface area contributed by atoms with E-state index in [-0.39, 0.29) is 0 Å². The molecule has 6 heteroatoms. The Bertz CT molecular complexity index is 761. The first kappa shape index (κ1) is 14.9. The highest BCUT2D eigenvalue weighted by molar-refractivity contribution is 7.98. The lowest BCUT2D eigenvalue weighted by Gasteiger charge is -2.06. The maximum atomic E-state index is 6.09. The highest BCUT2D eigenvalue weighted by Gasteiger charge is 2.09. The van der Waals surface area contributed by atoms with Crippen LogP contribution in [0.3, 0.4) is 0 Å². The average molecular weight is 332 g/mol. The second kappa shape index (κ2) is 6.85. The molecule has 0 aliphatic heterocycles. The van der Waals surface area contributed by atoms with Gasteiger partial charge in [-0.1, -0.05) is 70.0 Å². The lowest BCUT2D eigenvalue weighted by molar-refractivity contribution is 0.468. The summed E-state index contributed by atoms with van der Waals surface area (Å²) in [6, 6.07) is 16.2. The second-order valence-corrected chi connectivity index (χ2v) is 6.02. The third kappa shape index (κ3) is 3.61. The van der Waals surface area contributed by atoms with Gasteiger partial charge in [-0.05, 0) is 30.2 Å². The van der Waals surface area contributed by atoms with Crippen LogP contribution >= 0.6 is 23.4 Å². The zero-order valence-corrected chi connectivity index (χ0v) is 13.5. The molecule has 0 aliphatic rings. The average Bonchev–Trinajstić information content (AvgIpc) is 2.98. The van der Waals surface area contributed by atoms with E-state index in [1.807, 2.05) is 43.3 Å². The third-order valence-corrected chi connectivity index (χ3v) is 4.42. The first-order chi connectivity index (χ1) is 10.7. The van der Waals surface area contributed by atoms with Gasteiger partial charge in [0.2, 0.25) is 0 Å². The molecule has 1 aromatic heterocycles. The van der Waals surface area contributed by atoms with Gasteiger partial charge in [0.15, 0.2) is 0 Å². The van der Waals surface area contributed by atoms with Gasteiger partial charge in [0.1, 0.15) is 0 Å². The number of thioether (sulfide) groups is 1. The number of rotatable bonds is 5. The van der Waals surface area contributed by atoms with Crippen molar-refractivity contribution in [3.05, 3.63) is 64.7 Å². The molecule has 3 aromatic rings. The molecule has 0 saturated heterocycles. The standard InChI is InChI=1S/C16H14ClN3OS/c1-11-13(17)8-5-9-14(11)18-15-19-20-16(21-15)22-10-12-6-3-2-4-7-12/h2-9H,10H2,1H3,(H,18,19). The lowest BCUT2D eigenvalue weighted by Crippen LogP contribution is -1.93. The summed E-state index contributed by atoms with van der Waals surface area (Å²) in [7, 11) is 0. The molecule has 0 amide bonds. The Morgan fingerprint density at radius 1 is 1.09 bits per heavy atom. The van der Waals surface area contributed by atoms with Crippen molar-refractivity contribution in [3.63, 3.8) is 0 Å². The Kier molecular flexibility index (Phi) is 4.65. The van der Waals surface area contributed by atoms with Crippen LogP contribution in [0.1, 0.15) is 11.1 Å². The smallest absolute Gasteiger partial charge is 0.320 e. The van der Waals surface area contributed by atoms with Crippen molar-refractivity contribution in [2.75, 3.05) is 5.32 Å². The second-order valence-electron chi connectivity index (χ2n) is 4.68. The van der Waals surface area contributed by atoms with Crippen LogP contribution in [-0.4, -0.2) is 10.2 Å². The van der Waals surface area contributed by atoms with Gasteiger partial charge in [-0.2, -0.15) is 0 Å². The molecule has 0 unspecified atom stereocenters. The number of hydrogen-bond donors (Lipinski definition) is 1. The van der Waals surface area contributed by atoms with Gasteiger partial charge in [-0.3, -0.25) is 0 Å². The molecular formula is C16H14ClN3OS. The topological polar surface area (TPSA) is 51.0 Å². The Balaban J connectivity index is 1.65. The summed E-state index contributed by atoms with van der Waals surface area (Å²) in [5.41, 5.74) is 3.02. The minimum Gasteiger partial charge on any atom is -0.398 e. The number of hydrogen-bond acceptors (Lipinski definition) is 5. The van der Waals surface area contributed by atoms with Crippen molar-refractivity contribution in [1.29, 1.82) is 0 Å². The van der Waals surface area contributed by atoms with Crippen LogP contribution in [0, 0.1) is 6.92 Å². The Hall–Kier alpha value is -1.98. The molecule has 1 heterocycles. The summed E-state index contributed by atoms with van der Waals surface area (Å²) >= 11 is 7.60. The van der Waals surface area contributed by atoms with Crippen LogP contribution in [0.15, 0.2) is 58.2 Å². The zero-order valence-electron chi connectivity index (χ0n) is 11.9. The molecule has 0 bridgehead atoms. The fourth-order valence-electron chi connectivity index (χ4n) is 1.90. The van der Waals surface area contributed by atoms with Crippen molar-refractivity contribution in [1.82, 2.24) is 10.2 Å². The summed E-state index contributed by atoms with van der Waals surface area (Å²) < 4.78 is 5.59. The van der Waals surface area contributed by atoms with Gasteiger partial charge in [-0.25, -0.2) is 0 Å². The van der Waals surface area contributed by atoms with Gasteiger partial charge in [0.05, 0.1) is 0 Å². The van der Waals surface area contributed by atoms with E-state index in [1.165, 1.54) is 17.3 Å². The molecule has 0 spiro atoms. The minimum absolute atomic E-state index is 0.362. The highest BCUT2D eigenvalue weighted by atomic mass is 35.5. The SMILES string of the molecule is Cc1c(Cl)cccc1Nc1nnc(SCc2ccccc2)o1. The fourth-order valence-corrected chi connectivity index (χ4v) is 2.79. The van der Waals surface area contributed by atoms with Gasteiger partial charge < -0.3 is 9.73 Å². The summed E-state index contributed by atoms with van der Waals surface area (Å²) in [5.74, 6) is 0.790. The normalized spacial score (nSPS) is 10.6. The summed E-state index contributed by atoms with van der Waals surface area (Å²) in [6.45, 7) is 1.94. The molecule has 0 saturated carbocycles.